The van der Waals surface area contributed by atoms with Crippen molar-refractivity contribution < 1.29 is 4.79 Å². The average molecular weight is 233 g/mol. The minimum absolute atomic E-state index is 0.0617. The van der Waals surface area contributed by atoms with Crippen LogP contribution in [0.4, 0.5) is 11.4 Å². The average Bonchev–Trinajstić information content (AvgIpc) is 2.51. The van der Waals surface area contributed by atoms with Gasteiger partial charge in [-0.25, -0.2) is 0 Å². The molecule has 0 spiro atoms. The largest absolute Gasteiger partial charge is 0.385 e. The first kappa shape index (κ1) is 11.9. The van der Waals surface area contributed by atoms with Crippen molar-refractivity contribution in [3.8, 4) is 0 Å². The molecule has 0 atom stereocenters. The van der Waals surface area contributed by atoms with Crippen molar-refractivity contribution in [1.29, 1.82) is 0 Å². The van der Waals surface area contributed by atoms with Gasteiger partial charge < -0.3 is 16.4 Å². The highest BCUT2D eigenvalue weighted by Crippen LogP contribution is 2.38. The van der Waals surface area contributed by atoms with E-state index >= 15 is 0 Å². The van der Waals surface area contributed by atoms with E-state index in [1.54, 1.807) is 0 Å². The molecule has 0 aromatic heterocycles. The molecule has 17 heavy (non-hydrogen) atoms. The molecular formula is C13H19N3O. The van der Waals surface area contributed by atoms with Crippen LogP contribution in [-0.2, 0) is 10.2 Å². The molecule has 4 N–H and O–H groups in total. The molecule has 0 aliphatic carbocycles. The Morgan fingerprint density at radius 3 is 2.88 bits per heavy atom. The topological polar surface area (TPSA) is 67.2 Å². The number of carbonyl (C=O) groups is 1. The Morgan fingerprint density at radius 2 is 2.18 bits per heavy atom. The number of rotatable bonds is 4. The third-order valence-electron chi connectivity index (χ3n) is 3.22. The van der Waals surface area contributed by atoms with Gasteiger partial charge in [0.1, 0.15) is 0 Å². The van der Waals surface area contributed by atoms with Crippen LogP contribution in [0.2, 0.25) is 0 Å². The quantitative estimate of drug-likeness (QED) is 0.693. The van der Waals surface area contributed by atoms with Gasteiger partial charge in [-0.2, -0.15) is 0 Å². The van der Waals surface area contributed by atoms with E-state index in [9.17, 15) is 4.79 Å². The second-order valence-electron chi connectivity index (χ2n) is 4.91. The van der Waals surface area contributed by atoms with Crippen LogP contribution >= 0.6 is 0 Å². The van der Waals surface area contributed by atoms with Crippen LogP contribution < -0.4 is 16.4 Å². The van der Waals surface area contributed by atoms with E-state index in [1.807, 2.05) is 32.0 Å². The van der Waals surface area contributed by atoms with E-state index in [1.165, 1.54) is 0 Å². The number of carbonyl (C=O) groups excluding carboxylic acids is 1. The molecule has 0 saturated carbocycles. The Labute approximate surface area is 102 Å². The van der Waals surface area contributed by atoms with Crippen molar-refractivity contribution in [2.45, 2.75) is 25.7 Å². The smallest absolute Gasteiger partial charge is 0.234 e. The molecule has 0 unspecified atom stereocenters. The van der Waals surface area contributed by atoms with Gasteiger partial charge in [-0.3, -0.25) is 4.79 Å². The third-order valence-corrected chi connectivity index (χ3v) is 3.22. The molecular weight excluding hydrogens is 214 g/mol. The zero-order valence-corrected chi connectivity index (χ0v) is 10.3. The summed E-state index contributed by atoms with van der Waals surface area (Å²) in [6.45, 7) is 5.43. The van der Waals surface area contributed by atoms with Crippen LogP contribution in [-0.4, -0.2) is 19.0 Å². The maximum atomic E-state index is 11.8. The molecule has 1 aromatic carbocycles. The molecule has 2 rings (SSSR count). The Kier molecular flexibility index (Phi) is 3.07. The van der Waals surface area contributed by atoms with Crippen molar-refractivity contribution >= 4 is 17.3 Å². The van der Waals surface area contributed by atoms with Crippen LogP contribution in [0.5, 0.6) is 0 Å². The van der Waals surface area contributed by atoms with Gasteiger partial charge in [-0.05, 0) is 50.6 Å². The third kappa shape index (κ3) is 2.13. The first-order valence-electron chi connectivity index (χ1n) is 5.95. The molecule has 1 heterocycles. The molecule has 1 aromatic rings. The van der Waals surface area contributed by atoms with Gasteiger partial charge >= 0.3 is 0 Å². The van der Waals surface area contributed by atoms with E-state index in [4.69, 9.17) is 5.73 Å². The molecule has 4 heteroatoms. The normalized spacial score (nSPS) is 16.5. The van der Waals surface area contributed by atoms with Gasteiger partial charge in [0, 0.05) is 17.9 Å². The number of nitrogens with one attached hydrogen (secondary N) is 2. The monoisotopic (exact) mass is 233 g/mol. The van der Waals surface area contributed by atoms with E-state index in [2.05, 4.69) is 10.6 Å². The number of nitrogens with two attached hydrogens (primary N) is 1. The summed E-state index contributed by atoms with van der Waals surface area (Å²) in [5.41, 5.74) is 8.03. The fourth-order valence-electron chi connectivity index (χ4n) is 2.02. The van der Waals surface area contributed by atoms with E-state index in [-0.39, 0.29) is 5.91 Å². The zero-order valence-electron chi connectivity index (χ0n) is 10.3. The van der Waals surface area contributed by atoms with Gasteiger partial charge in [-0.15, -0.1) is 0 Å². The summed E-state index contributed by atoms with van der Waals surface area (Å²) in [5.74, 6) is 0.0617. The van der Waals surface area contributed by atoms with Crippen LogP contribution in [0.1, 0.15) is 25.8 Å². The van der Waals surface area contributed by atoms with Gasteiger partial charge in [-0.1, -0.05) is 0 Å². The lowest BCUT2D eigenvalue weighted by molar-refractivity contribution is -0.119. The van der Waals surface area contributed by atoms with Crippen LogP contribution in [0.25, 0.3) is 0 Å². The van der Waals surface area contributed by atoms with Crippen molar-refractivity contribution in [3.63, 3.8) is 0 Å². The van der Waals surface area contributed by atoms with Crippen molar-refractivity contribution in [1.82, 2.24) is 0 Å². The Hall–Kier alpha value is -1.55. The number of fused-ring (bicyclic) bond motifs is 1. The Bertz CT molecular complexity index is 440. The highest BCUT2D eigenvalue weighted by Gasteiger charge is 2.38. The highest BCUT2D eigenvalue weighted by atomic mass is 16.2. The second-order valence-corrected chi connectivity index (χ2v) is 4.91. The lowest BCUT2D eigenvalue weighted by Crippen LogP contribution is -2.26. The van der Waals surface area contributed by atoms with Crippen molar-refractivity contribution in [2.24, 2.45) is 5.73 Å². The van der Waals surface area contributed by atoms with E-state index in [0.29, 0.717) is 6.54 Å². The number of hydrogen-bond donors (Lipinski definition) is 3. The molecule has 0 saturated heterocycles. The maximum Gasteiger partial charge on any atom is 0.234 e. The summed E-state index contributed by atoms with van der Waals surface area (Å²) < 4.78 is 0. The fraction of sp³-hybridized carbons (Fsp3) is 0.462. The summed E-state index contributed by atoms with van der Waals surface area (Å²) in [5, 5.41) is 6.20. The van der Waals surface area contributed by atoms with E-state index < -0.39 is 5.41 Å². The van der Waals surface area contributed by atoms with Crippen LogP contribution in [0, 0.1) is 0 Å². The maximum absolute atomic E-state index is 11.8. The lowest BCUT2D eigenvalue weighted by Gasteiger charge is -2.16. The number of hydrogen-bond acceptors (Lipinski definition) is 3. The fourth-order valence-corrected chi connectivity index (χ4v) is 2.02. The standard InChI is InChI=1S/C13H19N3O/c1-13(2)10-8-9(15-7-3-6-14)4-5-11(10)16-12(13)17/h4-5,8,15H,3,6-7,14H2,1-2H3,(H,16,17). The molecule has 0 fully saturated rings. The summed E-state index contributed by atoms with van der Waals surface area (Å²) in [6.07, 6.45) is 0.942. The molecule has 92 valence electrons. The van der Waals surface area contributed by atoms with Gasteiger partial charge in [0.05, 0.1) is 5.41 Å². The van der Waals surface area contributed by atoms with E-state index in [0.717, 1.165) is 29.9 Å². The van der Waals surface area contributed by atoms with Gasteiger partial charge in [0.15, 0.2) is 0 Å². The minimum atomic E-state index is -0.444. The number of benzene rings is 1. The van der Waals surface area contributed by atoms with Crippen molar-refractivity contribution in [3.05, 3.63) is 23.8 Å². The van der Waals surface area contributed by atoms with Gasteiger partial charge in [0.2, 0.25) is 5.91 Å². The predicted molar refractivity (Wildman–Crippen MR) is 70.3 cm³/mol. The molecule has 1 amide bonds. The molecule has 1 aliphatic rings. The molecule has 0 radical (unpaired) electrons. The zero-order chi connectivity index (χ0) is 12.5. The highest BCUT2D eigenvalue weighted by molar-refractivity contribution is 6.05. The number of anilines is 2. The summed E-state index contributed by atoms with van der Waals surface area (Å²) >= 11 is 0. The molecule has 0 bridgehead atoms. The SMILES string of the molecule is CC1(C)C(=O)Nc2ccc(NCCCN)cc21. The van der Waals surface area contributed by atoms with Crippen LogP contribution in [0.3, 0.4) is 0 Å². The first-order valence-corrected chi connectivity index (χ1v) is 5.95. The molecule has 4 nitrogen and oxygen atoms in total. The van der Waals surface area contributed by atoms with Crippen LogP contribution in [0.15, 0.2) is 18.2 Å². The summed E-state index contributed by atoms with van der Waals surface area (Å²) in [4.78, 5) is 11.8. The minimum Gasteiger partial charge on any atom is -0.385 e. The number of amides is 1. The second kappa shape index (κ2) is 4.37. The Morgan fingerprint density at radius 1 is 1.41 bits per heavy atom. The van der Waals surface area contributed by atoms with Crippen molar-refractivity contribution in [2.75, 3.05) is 23.7 Å². The molecule has 1 aliphatic heterocycles. The predicted octanol–water partition coefficient (Wildman–Crippen LogP) is 1.68. The summed E-state index contributed by atoms with van der Waals surface area (Å²) in [7, 11) is 0. The first-order chi connectivity index (χ1) is 8.05. The lowest BCUT2D eigenvalue weighted by atomic mass is 9.86. The van der Waals surface area contributed by atoms with Gasteiger partial charge in [0.25, 0.3) is 0 Å². The summed E-state index contributed by atoms with van der Waals surface area (Å²) in [6, 6.07) is 5.98. The Balaban J connectivity index is 2.20.